The topological polar surface area (TPSA) is 223 Å². The van der Waals surface area contributed by atoms with E-state index in [4.69, 9.17) is 29.0 Å². The Labute approximate surface area is 561 Å². The van der Waals surface area contributed by atoms with E-state index in [0.717, 1.165) is 170 Å². The van der Waals surface area contributed by atoms with Crippen molar-refractivity contribution in [3.8, 4) is 21.8 Å². The van der Waals surface area contributed by atoms with Crippen molar-refractivity contribution in [2.75, 3.05) is 85.8 Å². The molecule has 86 heavy (non-hydrogen) atoms. The zero-order valence-electron chi connectivity index (χ0n) is 53.4. The molecule has 18 nitrogen and oxygen atoms in total. The molecule has 0 radical (unpaired) electrons. The number of aliphatic hydroxyl groups excluding tert-OH is 1. The molecule has 6 heterocycles. The summed E-state index contributed by atoms with van der Waals surface area (Å²) in [6.07, 6.45) is 21.6. The fourth-order valence-corrected chi connectivity index (χ4v) is 10.6. The van der Waals surface area contributed by atoms with Gasteiger partial charge in [0.25, 0.3) is 0 Å². The summed E-state index contributed by atoms with van der Waals surface area (Å²) >= 11 is 1.70. The first-order valence-corrected chi connectivity index (χ1v) is 29.7. The molecule has 9 rings (SSSR count). The van der Waals surface area contributed by atoms with E-state index < -0.39 is 0 Å². The van der Waals surface area contributed by atoms with E-state index in [1.807, 2.05) is 70.6 Å². The summed E-state index contributed by atoms with van der Waals surface area (Å²) in [5.74, 6) is 4.37. The van der Waals surface area contributed by atoms with Crippen LogP contribution in [0.15, 0.2) is 102 Å². The van der Waals surface area contributed by atoms with Crippen molar-refractivity contribution in [1.29, 1.82) is 0 Å². The summed E-state index contributed by atoms with van der Waals surface area (Å²) in [7, 11) is 5.08. The Morgan fingerprint density at radius 1 is 0.884 bits per heavy atom. The summed E-state index contributed by atoms with van der Waals surface area (Å²) < 4.78 is 22.1. The molecule has 3 fully saturated rings. The Bertz CT molecular complexity index is 2710. The van der Waals surface area contributed by atoms with E-state index >= 15 is 0 Å². The average molecular weight is 1220 g/mol. The van der Waals surface area contributed by atoms with Crippen LogP contribution in [0.3, 0.4) is 0 Å². The fraction of sp³-hybridized carbons (Fsp3) is 0.508. The van der Waals surface area contributed by atoms with Gasteiger partial charge < -0.3 is 68.9 Å². The van der Waals surface area contributed by atoms with Gasteiger partial charge in [0.1, 0.15) is 25.5 Å². The molecule has 2 unspecified atom stereocenters. The van der Waals surface area contributed by atoms with Gasteiger partial charge in [-0.05, 0) is 138 Å². The standard InChI is InChI=1S/C20H22N6O.C19H30O5.C12H14N2S.C11H19NO2.CH4O.2CH3.2Na/c1-26-11-7-20(8-12-26,23-17-4-2-3-15(13-17)14-27)19-22-18(24-25-19)16-5-9-21-10-6-16;20-9-15-22-12-5-11-21-10-2-1-3-13-23-18-7-8-19-17(16-18)6-4-14-24-19;1-9-12(15-8-14-9)11-5-3-10(4-6-11)7-13-2;1-11(2,3)7-10(14)12-6-4-5-9(12)8-13;1-2;;;;/h2-6,9-10,13-14,23H,7-8,11-12H2,1H3,(H,22,24,25);7-9,17H,1-6,10-16H2;3-6,8,13H,7H2,1-2H3;8-9H,4-7H2,1-3H3;2H,1H3;2*1H3;;/q;;;;;2*-1;2*+1. The third-order valence-electron chi connectivity index (χ3n) is 14.2. The number of pyridine rings is 1. The van der Waals surface area contributed by atoms with Gasteiger partial charge in [0.15, 0.2) is 11.6 Å². The summed E-state index contributed by atoms with van der Waals surface area (Å²) in [6.45, 7) is 15.6. The average Bonchev–Trinajstić information content (AvgIpc) is 2.87. The minimum atomic E-state index is -0.355. The number of carbonyl (C=O) groups is 4. The van der Waals surface area contributed by atoms with Crippen molar-refractivity contribution in [1.82, 2.24) is 40.3 Å². The monoisotopic (exact) mass is 1220 g/mol. The Morgan fingerprint density at radius 3 is 2.26 bits per heavy atom. The number of hydrogen-bond donors (Lipinski definition) is 4. The minimum absolute atomic E-state index is 0. The molecule has 4 aliphatic rings. The molecule has 4 N–H and O–H groups in total. The number of H-pyrrole nitrogens is 1. The van der Waals surface area contributed by atoms with Crippen LogP contribution in [0.1, 0.15) is 125 Å². The van der Waals surface area contributed by atoms with Gasteiger partial charge in [0, 0.05) is 101 Å². The molecule has 21 heteroatoms. The van der Waals surface area contributed by atoms with Gasteiger partial charge in [0.2, 0.25) is 5.91 Å². The molecule has 2 aromatic carbocycles. The third-order valence-corrected chi connectivity index (χ3v) is 15.1. The van der Waals surface area contributed by atoms with Crippen LogP contribution in [-0.4, -0.2) is 151 Å². The number of anilines is 1. The number of allylic oxidation sites excluding steroid dienone is 4. The van der Waals surface area contributed by atoms with Crippen molar-refractivity contribution in [2.24, 2.45) is 11.3 Å². The Balaban J connectivity index is 0.000000578. The zero-order valence-corrected chi connectivity index (χ0v) is 58.2. The van der Waals surface area contributed by atoms with Crippen LogP contribution in [0.25, 0.3) is 21.8 Å². The second-order valence-corrected chi connectivity index (χ2v) is 22.7. The Hall–Kier alpha value is -4.48. The molecule has 3 saturated heterocycles. The number of thiazole rings is 1. The number of carbonyl (C=O) groups excluding carboxylic acids is 4. The number of aryl methyl sites for hydroxylation is 1. The van der Waals surface area contributed by atoms with Gasteiger partial charge in [-0.2, -0.15) is 5.10 Å². The molecule has 1 amide bonds. The van der Waals surface area contributed by atoms with Crippen LogP contribution in [0, 0.1) is 33.1 Å². The Kier molecular flexibility index (Phi) is 40.7. The van der Waals surface area contributed by atoms with E-state index in [1.54, 1.807) is 34.7 Å². The number of nitrogens with one attached hydrogen (secondary N) is 3. The number of benzene rings is 2. The number of ether oxygens (including phenoxy) is 4. The molecule has 3 aliphatic heterocycles. The maximum atomic E-state index is 11.8. The second kappa shape index (κ2) is 44.0. The molecular weight excluding hydrogens is 1130 g/mol. The largest absolute Gasteiger partial charge is 1.00 e. The number of unbranched alkanes of at least 4 members (excludes halogenated alkanes) is 2. The van der Waals surface area contributed by atoms with E-state index in [1.165, 1.54) is 22.4 Å². The SMILES string of the molecule is CC(C)(C)CC(=O)N1CCCC1C=O.CN1CCC(Nc2cccc(C=O)c2)(c2nc(-c3ccncc3)n[nH]2)CC1.CNCc1ccc(-c2scnc2C)cc1.CO.O=CCOCCCOCCCCCOC1=CC=C2OCCCC2C1.[CH3-].[CH3-].[Na+].[Na+]. The number of aromatic nitrogens is 5. The molecule has 5 aromatic rings. The fourth-order valence-electron chi connectivity index (χ4n) is 9.79. The second-order valence-electron chi connectivity index (χ2n) is 21.9. The number of fused-ring (bicyclic) bond motifs is 1. The number of nitrogens with zero attached hydrogens (tertiary/aromatic N) is 6. The van der Waals surface area contributed by atoms with Crippen molar-refractivity contribution >= 4 is 41.8 Å². The number of likely N-dealkylation sites (tertiary alicyclic amines) is 2. The normalized spacial score (nSPS) is 16.3. The molecule has 1 aliphatic carbocycles. The van der Waals surface area contributed by atoms with Crippen LogP contribution in [-0.2, 0) is 45.4 Å². The third kappa shape index (κ3) is 27.5. The number of hydrogen-bond acceptors (Lipinski definition) is 17. The summed E-state index contributed by atoms with van der Waals surface area (Å²) in [4.78, 5) is 62.1. The van der Waals surface area contributed by atoms with Crippen LogP contribution in [0.4, 0.5) is 5.69 Å². The smallest absolute Gasteiger partial charge is 0.498 e. The predicted octanol–water partition coefficient (Wildman–Crippen LogP) is 5.07. The number of amides is 1. The van der Waals surface area contributed by atoms with Gasteiger partial charge in [0.05, 0.1) is 52.4 Å². The molecule has 2 atom stereocenters. The number of piperidine rings is 1. The molecule has 0 spiro atoms. The molecular formula is C65H95N9Na2O9S. The maximum absolute atomic E-state index is 11.8. The molecule has 462 valence electrons. The van der Waals surface area contributed by atoms with E-state index in [9.17, 15) is 19.2 Å². The Morgan fingerprint density at radius 2 is 1.59 bits per heavy atom. The number of aromatic amines is 1. The van der Waals surface area contributed by atoms with Crippen LogP contribution in [0.2, 0.25) is 0 Å². The van der Waals surface area contributed by atoms with E-state index in [0.29, 0.717) is 36.9 Å². The zero-order chi connectivity index (χ0) is 59.0. The van der Waals surface area contributed by atoms with Crippen LogP contribution >= 0.6 is 11.3 Å². The summed E-state index contributed by atoms with van der Waals surface area (Å²) in [5.41, 5.74) is 7.72. The first kappa shape index (κ1) is 79.5. The molecule has 0 bridgehead atoms. The van der Waals surface area contributed by atoms with Gasteiger partial charge in [-0.3, -0.25) is 19.7 Å². The molecule has 0 saturated carbocycles. The minimum Gasteiger partial charge on any atom is -0.498 e. The van der Waals surface area contributed by atoms with Gasteiger partial charge >= 0.3 is 59.1 Å². The number of rotatable bonds is 23. The first-order chi connectivity index (χ1) is 39.8. The van der Waals surface area contributed by atoms with Gasteiger partial charge in [-0.25, -0.2) is 9.97 Å². The van der Waals surface area contributed by atoms with E-state index in [2.05, 4.69) is 79.2 Å². The van der Waals surface area contributed by atoms with Gasteiger partial charge in [-0.1, -0.05) is 57.2 Å². The summed E-state index contributed by atoms with van der Waals surface area (Å²) in [6, 6.07) is 19.8. The van der Waals surface area contributed by atoms with E-state index in [-0.39, 0.29) is 103 Å². The van der Waals surface area contributed by atoms with Crippen LogP contribution in [0.5, 0.6) is 0 Å². The first-order valence-electron chi connectivity index (χ1n) is 28.8. The predicted molar refractivity (Wildman–Crippen MR) is 336 cm³/mol. The molecule has 3 aromatic heterocycles. The maximum Gasteiger partial charge on any atom is 1.00 e. The number of aliphatic hydroxyl groups is 1. The van der Waals surface area contributed by atoms with Gasteiger partial charge in [-0.15, -0.1) is 11.3 Å². The number of aldehydes is 3. The van der Waals surface area contributed by atoms with Crippen molar-refractivity contribution < 1.29 is 102 Å². The van der Waals surface area contributed by atoms with Crippen molar-refractivity contribution in [2.45, 2.75) is 123 Å². The van der Waals surface area contributed by atoms with Crippen LogP contribution < -0.4 is 69.7 Å². The van der Waals surface area contributed by atoms with Crippen molar-refractivity contribution in [3.63, 3.8) is 0 Å². The quantitative estimate of drug-likeness (QED) is 0.0290. The van der Waals surface area contributed by atoms with Crippen molar-refractivity contribution in [3.05, 3.63) is 140 Å². The summed E-state index contributed by atoms with van der Waals surface area (Å²) in [5, 5.41) is 21.4.